The van der Waals surface area contributed by atoms with Crippen LogP contribution in [0.5, 0.6) is 5.75 Å². The van der Waals surface area contributed by atoms with E-state index in [2.05, 4.69) is 0 Å². The summed E-state index contributed by atoms with van der Waals surface area (Å²) in [4.78, 5) is 0. The van der Waals surface area contributed by atoms with Crippen LogP contribution in [0.15, 0.2) is 24.3 Å². The summed E-state index contributed by atoms with van der Waals surface area (Å²) in [6, 6.07) is 7.85. The lowest BCUT2D eigenvalue weighted by atomic mass is 9.82. The first-order valence-corrected chi connectivity index (χ1v) is 7.33. The van der Waals surface area contributed by atoms with Crippen molar-refractivity contribution in [2.45, 2.75) is 51.1 Å². The molecule has 1 aromatic carbocycles. The van der Waals surface area contributed by atoms with Gasteiger partial charge in [0.15, 0.2) is 0 Å². The molecule has 4 nitrogen and oxygen atoms in total. The third-order valence-corrected chi connectivity index (χ3v) is 3.77. The average molecular weight is 280 g/mol. The quantitative estimate of drug-likeness (QED) is 0.814. The van der Waals surface area contributed by atoms with E-state index in [0.717, 1.165) is 19.3 Å². The van der Waals surface area contributed by atoms with Gasteiger partial charge < -0.3 is 19.3 Å². The first-order valence-electron chi connectivity index (χ1n) is 7.33. The van der Waals surface area contributed by atoms with E-state index in [-0.39, 0.29) is 12.0 Å². The summed E-state index contributed by atoms with van der Waals surface area (Å²) >= 11 is 0. The van der Waals surface area contributed by atoms with Crippen molar-refractivity contribution in [2.75, 3.05) is 13.7 Å². The minimum absolute atomic E-state index is 0.217. The number of rotatable bonds is 6. The molecule has 4 heteroatoms. The fourth-order valence-electron chi connectivity index (χ4n) is 2.69. The van der Waals surface area contributed by atoms with Gasteiger partial charge in [0, 0.05) is 13.0 Å². The summed E-state index contributed by atoms with van der Waals surface area (Å²) in [6.45, 7) is 1.75. The average Bonchev–Trinajstić information content (AvgIpc) is 2.48. The molecular weight excluding hydrogens is 256 g/mol. The molecule has 0 heterocycles. The van der Waals surface area contributed by atoms with Crippen LogP contribution in [0.2, 0.25) is 0 Å². The molecule has 0 amide bonds. The number of methoxy groups -OCH3 is 1. The molecule has 1 fully saturated rings. The van der Waals surface area contributed by atoms with Gasteiger partial charge in [0.1, 0.15) is 5.75 Å². The van der Waals surface area contributed by atoms with E-state index in [9.17, 15) is 5.11 Å². The Labute approximate surface area is 120 Å². The zero-order valence-electron chi connectivity index (χ0n) is 12.2. The van der Waals surface area contributed by atoms with E-state index >= 15 is 0 Å². The van der Waals surface area contributed by atoms with Gasteiger partial charge in [0.2, 0.25) is 0 Å². The Morgan fingerprint density at radius 2 is 1.90 bits per heavy atom. The summed E-state index contributed by atoms with van der Waals surface area (Å²) in [6.07, 6.45) is 4.06. The van der Waals surface area contributed by atoms with Crippen molar-refractivity contribution in [2.24, 2.45) is 0 Å². The maximum Gasteiger partial charge on any atom is 0.315 e. The molecule has 0 aliphatic heterocycles. The molecular formula is C16H24O4. The van der Waals surface area contributed by atoms with E-state index in [1.54, 1.807) is 7.11 Å². The van der Waals surface area contributed by atoms with Gasteiger partial charge in [0.05, 0.1) is 12.7 Å². The van der Waals surface area contributed by atoms with Crippen LogP contribution in [0.4, 0.5) is 0 Å². The van der Waals surface area contributed by atoms with Gasteiger partial charge in [0.25, 0.3) is 0 Å². The zero-order valence-corrected chi connectivity index (χ0v) is 12.2. The lowest BCUT2D eigenvalue weighted by molar-refractivity contribution is -0.231. The first kappa shape index (κ1) is 15.3. The van der Waals surface area contributed by atoms with Crippen molar-refractivity contribution < 1.29 is 19.3 Å². The maximum absolute atomic E-state index is 10.1. The van der Waals surface area contributed by atoms with E-state index in [0.29, 0.717) is 12.4 Å². The molecule has 0 aromatic heterocycles. The molecule has 1 aliphatic carbocycles. The predicted octanol–water partition coefficient (Wildman–Crippen LogP) is 3.05. The SMILES string of the molecule is CCOC(OC)Oc1ccc([C@H]2CCCC[C@@H]2O)cc1. The summed E-state index contributed by atoms with van der Waals surface area (Å²) in [7, 11) is 1.55. The van der Waals surface area contributed by atoms with Crippen LogP contribution < -0.4 is 4.74 Å². The Bertz CT molecular complexity index is 390. The van der Waals surface area contributed by atoms with Crippen molar-refractivity contribution in [3.63, 3.8) is 0 Å². The Morgan fingerprint density at radius 1 is 1.20 bits per heavy atom. The molecule has 2 rings (SSSR count). The molecule has 1 N–H and O–H groups in total. The van der Waals surface area contributed by atoms with Crippen LogP contribution in [0.25, 0.3) is 0 Å². The molecule has 1 unspecified atom stereocenters. The third kappa shape index (κ3) is 3.95. The fourth-order valence-corrected chi connectivity index (χ4v) is 2.69. The summed E-state index contributed by atoms with van der Waals surface area (Å²) < 4.78 is 15.9. The number of aliphatic hydroxyl groups is 1. The summed E-state index contributed by atoms with van der Waals surface area (Å²) in [5, 5.41) is 10.1. The largest absolute Gasteiger partial charge is 0.441 e. The Kier molecular flexibility index (Phi) is 5.83. The van der Waals surface area contributed by atoms with E-state index in [1.165, 1.54) is 12.0 Å². The highest BCUT2D eigenvalue weighted by molar-refractivity contribution is 5.30. The minimum Gasteiger partial charge on any atom is -0.441 e. The molecule has 0 saturated heterocycles. The van der Waals surface area contributed by atoms with Crippen LogP contribution in [0, 0.1) is 0 Å². The van der Waals surface area contributed by atoms with Crippen molar-refractivity contribution >= 4 is 0 Å². The van der Waals surface area contributed by atoms with Gasteiger partial charge in [-0.05, 0) is 37.5 Å². The molecule has 0 bridgehead atoms. The molecule has 20 heavy (non-hydrogen) atoms. The molecule has 1 saturated carbocycles. The Balaban J connectivity index is 1.98. The monoisotopic (exact) mass is 280 g/mol. The van der Waals surface area contributed by atoms with Gasteiger partial charge in [-0.25, -0.2) is 0 Å². The Hall–Kier alpha value is -1.10. The van der Waals surface area contributed by atoms with Crippen LogP contribution in [0.3, 0.4) is 0 Å². The summed E-state index contributed by atoms with van der Waals surface area (Å²) in [5.41, 5.74) is 1.18. The van der Waals surface area contributed by atoms with Crippen LogP contribution in [-0.2, 0) is 9.47 Å². The number of ether oxygens (including phenoxy) is 3. The second-order valence-corrected chi connectivity index (χ2v) is 5.12. The lowest BCUT2D eigenvalue weighted by Gasteiger charge is -2.28. The van der Waals surface area contributed by atoms with Crippen molar-refractivity contribution in [3.8, 4) is 5.75 Å². The third-order valence-electron chi connectivity index (χ3n) is 3.77. The molecule has 112 valence electrons. The highest BCUT2D eigenvalue weighted by Crippen LogP contribution is 2.33. The van der Waals surface area contributed by atoms with Gasteiger partial charge in [-0.15, -0.1) is 0 Å². The number of hydrogen-bond donors (Lipinski definition) is 1. The zero-order chi connectivity index (χ0) is 14.4. The van der Waals surface area contributed by atoms with Gasteiger partial charge in [-0.3, -0.25) is 0 Å². The molecule has 1 aliphatic rings. The van der Waals surface area contributed by atoms with E-state index < -0.39 is 6.48 Å². The second kappa shape index (κ2) is 7.62. The lowest BCUT2D eigenvalue weighted by Crippen LogP contribution is -2.23. The highest BCUT2D eigenvalue weighted by atomic mass is 16.8. The van der Waals surface area contributed by atoms with Crippen LogP contribution in [-0.4, -0.2) is 31.4 Å². The minimum atomic E-state index is -0.675. The number of benzene rings is 1. The van der Waals surface area contributed by atoms with Crippen molar-refractivity contribution in [3.05, 3.63) is 29.8 Å². The predicted molar refractivity (Wildman–Crippen MR) is 76.7 cm³/mol. The van der Waals surface area contributed by atoms with Crippen LogP contribution >= 0.6 is 0 Å². The standard InChI is InChI=1S/C16H24O4/c1-3-19-16(18-2)20-13-10-8-12(9-11-13)14-6-4-5-7-15(14)17/h8-11,14-17H,3-7H2,1-2H3/t14-,15+,16?/m1/s1. The number of hydrogen-bond acceptors (Lipinski definition) is 4. The van der Waals surface area contributed by atoms with Gasteiger partial charge >= 0.3 is 6.48 Å². The maximum atomic E-state index is 10.1. The second-order valence-electron chi connectivity index (χ2n) is 5.12. The topological polar surface area (TPSA) is 47.9 Å². The van der Waals surface area contributed by atoms with Gasteiger partial charge in [-0.1, -0.05) is 25.0 Å². The van der Waals surface area contributed by atoms with E-state index in [1.807, 2.05) is 31.2 Å². The summed E-state index contributed by atoms with van der Waals surface area (Å²) in [5.74, 6) is 0.960. The normalized spacial score (nSPS) is 24.4. The van der Waals surface area contributed by atoms with Crippen molar-refractivity contribution in [1.29, 1.82) is 0 Å². The van der Waals surface area contributed by atoms with Crippen molar-refractivity contribution in [1.82, 2.24) is 0 Å². The first-order chi connectivity index (χ1) is 9.74. The smallest absolute Gasteiger partial charge is 0.315 e. The van der Waals surface area contributed by atoms with Gasteiger partial charge in [-0.2, -0.15) is 0 Å². The van der Waals surface area contributed by atoms with E-state index in [4.69, 9.17) is 14.2 Å². The van der Waals surface area contributed by atoms with Crippen LogP contribution in [0.1, 0.15) is 44.1 Å². The molecule has 0 radical (unpaired) electrons. The molecule has 0 spiro atoms. The number of aliphatic hydroxyl groups excluding tert-OH is 1. The molecule has 3 atom stereocenters. The fraction of sp³-hybridized carbons (Fsp3) is 0.625. The highest BCUT2D eigenvalue weighted by Gasteiger charge is 2.24. The molecule has 1 aromatic rings. The Morgan fingerprint density at radius 3 is 2.50 bits per heavy atom.